The number of rotatable bonds is 4. The van der Waals surface area contributed by atoms with Gasteiger partial charge in [-0.15, -0.1) is 0 Å². The molecule has 0 bridgehead atoms. The van der Waals surface area contributed by atoms with Crippen molar-refractivity contribution in [3.8, 4) is 5.75 Å². The van der Waals surface area contributed by atoms with Crippen molar-refractivity contribution < 1.29 is 14.6 Å². The SMILES string of the molecule is CC(C)(C)c1cc(C(=O)c2ccccc2)cc(CN2CCOCC2)c1O. The first-order valence-electron chi connectivity index (χ1n) is 9.12. The highest BCUT2D eigenvalue weighted by atomic mass is 16.5. The van der Waals surface area contributed by atoms with E-state index in [-0.39, 0.29) is 11.2 Å². The van der Waals surface area contributed by atoms with Gasteiger partial charge in [-0.05, 0) is 17.5 Å². The van der Waals surface area contributed by atoms with E-state index >= 15 is 0 Å². The number of carbonyl (C=O) groups is 1. The monoisotopic (exact) mass is 353 g/mol. The van der Waals surface area contributed by atoms with Gasteiger partial charge in [-0.2, -0.15) is 0 Å². The summed E-state index contributed by atoms with van der Waals surface area (Å²) in [6.45, 7) is 9.85. The summed E-state index contributed by atoms with van der Waals surface area (Å²) in [6.07, 6.45) is 0. The number of ether oxygens (including phenoxy) is 1. The molecule has 26 heavy (non-hydrogen) atoms. The molecule has 1 heterocycles. The fourth-order valence-electron chi connectivity index (χ4n) is 3.27. The van der Waals surface area contributed by atoms with Crippen LogP contribution in [0.5, 0.6) is 5.75 Å². The first-order chi connectivity index (χ1) is 12.4. The van der Waals surface area contributed by atoms with Gasteiger partial charge >= 0.3 is 0 Å². The summed E-state index contributed by atoms with van der Waals surface area (Å²) in [4.78, 5) is 15.2. The maximum absolute atomic E-state index is 13.0. The summed E-state index contributed by atoms with van der Waals surface area (Å²) in [5.41, 5.74) is 2.65. The molecule has 1 saturated heterocycles. The predicted octanol–water partition coefficient (Wildman–Crippen LogP) is 3.75. The van der Waals surface area contributed by atoms with Crippen LogP contribution < -0.4 is 0 Å². The molecular formula is C22H27NO3. The minimum absolute atomic E-state index is 0.0145. The number of morpholine rings is 1. The molecule has 1 aliphatic heterocycles. The molecule has 0 spiro atoms. The molecule has 0 saturated carbocycles. The van der Waals surface area contributed by atoms with E-state index < -0.39 is 0 Å². The van der Waals surface area contributed by atoms with Gasteiger partial charge < -0.3 is 9.84 Å². The second-order valence-corrected chi connectivity index (χ2v) is 7.87. The molecule has 0 aromatic heterocycles. The summed E-state index contributed by atoms with van der Waals surface area (Å²) < 4.78 is 5.41. The Hall–Kier alpha value is -2.17. The molecule has 0 atom stereocenters. The Morgan fingerprint density at radius 2 is 1.73 bits per heavy atom. The molecule has 0 unspecified atom stereocenters. The van der Waals surface area contributed by atoms with E-state index in [2.05, 4.69) is 25.7 Å². The molecule has 1 aliphatic rings. The molecular weight excluding hydrogens is 326 g/mol. The van der Waals surface area contributed by atoms with Crippen molar-refractivity contribution in [3.63, 3.8) is 0 Å². The molecule has 3 rings (SSSR count). The Bertz CT molecular complexity index is 772. The van der Waals surface area contributed by atoms with Crippen LogP contribution in [0.2, 0.25) is 0 Å². The average Bonchev–Trinajstić information content (AvgIpc) is 2.63. The van der Waals surface area contributed by atoms with Gasteiger partial charge in [0.25, 0.3) is 0 Å². The van der Waals surface area contributed by atoms with Crippen LogP contribution in [-0.4, -0.2) is 42.1 Å². The minimum atomic E-state index is -0.253. The fraction of sp³-hybridized carbons (Fsp3) is 0.409. The van der Waals surface area contributed by atoms with Crippen LogP contribution in [0.15, 0.2) is 42.5 Å². The number of phenols is 1. The van der Waals surface area contributed by atoms with E-state index in [1.165, 1.54) is 0 Å². The Kier molecular flexibility index (Phi) is 5.44. The van der Waals surface area contributed by atoms with E-state index in [0.717, 1.165) is 24.2 Å². The molecule has 1 fully saturated rings. The molecule has 0 aliphatic carbocycles. The largest absolute Gasteiger partial charge is 0.507 e. The first kappa shape index (κ1) is 18.6. The molecule has 4 nitrogen and oxygen atoms in total. The lowest BCUT2D eigenvalue weighted by molar-refractivity contribution is 0.0338. The highest BCUT2D eigenvalue weighted by Crippen LogP contribution is 2.35. The zero-order valence-corrected chi connectivity index (χ0v) is 15.8. The van der Waals surface area contributed by atoms with Crippen molar-refractivity contribution in [3.05, 3.63) is 64.7 Å². The average molecular weight is 353 g/mol. The third-order valence-corrected chi connectivity index (χ3v) is 4.79. The number of benzene rings is 2. The summed E-state index contributed by atoms with van der Waals surface area (Å²) in [5.74, 6) is 0.285. The smallest absolute Gasteiger partial charge is 0.193 e. The van der Waals surface area contributed by atoms with E-state index in [1.807, 2.05) is 42.5 Å². The number of ketones is 1. The van der Waals surface area contributed by atoms with E-state index in [9.17, 15) is 9.90 Å². The number of carbonyl (C=O) groups excluding carboxylic acids is 1. The van der Waals surface area contributed by atoms with Crippen molar-refractivity contribution in [2.24, 2.45) is 0 Å². The molecule has 138 valence electrons. The molecule has 1 N–H and O–H groups in total. The normalized spacial score (nSPS) is 15.8. The summed E-state index contributed by atoms with van der Waals surface area (Å²) in [6, 6.07) is 13.0. The van der Waals surface area contributed by atoms with Crippen LogP contribution in [0.1, 0.15) is 47.8 Å². The van der Waals surface area contributed by atoms with Crippen molar-refractivity contribution in [1.82, 2.24) is 4.90 Å². The Morgan fingerprint density at radius 1 is 1.08 bits per heavy atom. The van der Waals surface area contributed by atoms with Crippen molar-refractivity contribution in [1.29, 1.82) is 0 Å². The van der Waals surface area contributed by atoms with Gasteiger partial charge in [-0.3, -0.25) is 9.69 Å². The van der Waals surface area contributed by atoms with Gasteiger partial charge in [0.1, 0.15) is 5.75 Å². The van der Waals surface area contributed by atoms with Crippen molar-refractivity contribution in [2.45, 2.75) is 32.7 Å². The third-order valence-electron chi connectivity index (χ3n) is 4.79. The predicted molar refractivity (Wildman–Crippen MR) is 103 cm³/mol. The van der Waals surface area contributed by atoms with Crippen LogP contribution in [0.4, 0.5) is 0 Å². The van der Waals surface area contributed by atoms with E-state index in [0.29, 0.717) is 36.6 Å². The fourth-order valence-corrected chi connectivity index (χ4v) is 3.27. The van der Waals surface area contributed by atoms with Crippen molar-refractivity contribution in [2.75, 3.05) is 26.3 Å². The topological polar surface area (TPSA) is 49.8 Å². The number of hydrogen-bond donors (Lipinski definition) is 1. The van der Waals surface area contributed by atoms with Gasteiger partial charge in [0.2, 0.25) is 0 Å². The van der Waals surface area contributed by atoms with Gasteiger partial charge in [-0.1, -0.05) is 51.1 Å². The zero-order valence-electron chi connectivity index (χ0n) is 15.8. The van der Waals surface area contributed by atoms with Crippen LogP contribution in [-0.2, 0) is 16.7 Å². The second kappa shape index (κ2) is 7.60. The second-order valence-electron chi connectivity index (χ2n) is 7.87. The van der Waals surface area contributed by atoms with Gasteiger partial charge in [0.15, 0.2) is 5.78 Å². The summed E-state index contributed by atoms with van der Waals surface area (Å²) in [7, 11) is 0. The maximum atomic E-state index is 13.0. The van der Waals surface area contributed by atoms with E-state index in [4.69, 9.17) is 4.74 Å². The standard InChI is InChI=1S/C22H27NO3/c1-22(2,3)19-14-17(20(24)16-7-5-4-6-8-16)13-18(21(19)25)15-23-9-11-26-12-10-23/h4-8,13-14,25H,9-12,15H2,1-3H3. The lowest BCUT2D eigenvalue weighted by atomic mass is 9.83. The van der Waals surface area contributed by atoms with Crippen molar-refractivity contribution >= 4 is 5.78 Å². The number of hydrogen-bond acceptors (Lipinski definition) is 4. The Morgan fingerprint density at radius 3 is 2.35 bits per heavy atom. The van der Waals surface area contributed by atoms with Gasteiger partial charge in [0, 0.05) is 41.9 Å². The minimum Gasteiger partial charge on any atom is -0.507 e. The van der Waals surface area contributed by atoms with E-state index in [1.54, 1.807) is 0 Å². The highest BCUT2D eigenvalue weighted by molar-refractivity contribution is 6.09. The lowest BCUT2D eigenvalue weighted by Gasteiger charge is -2.29. The number of phenolic OH excluding ortho intramolecular Hbond substituents is 1. The zero-order chi connectivity index (χ0) is 18.7. The summed E-state index contributed by atoms with van der Waals surface area (Å²) >= 11 is 0. The molecule has 0 amide bonds. The molecule has 4 heteroatoms. The lowest BCUT2D eigenvalue weighted by Crippen LogP contribution is -2.35. The Labute approximate surface area is 155 Å². The first-order valence-corrected chi connectivity index (χ1v) is 9.12. The van der Waals surface area contributed by atoms with Crippen LogP contribution >= 0.6 is 0 Å². The van der Waals surface area contributed by atoms with Crippen LogP contribution in [0, 0.1) is 0 Å². The number of nitrogens with zero attached hydrogens (tertiary/aromatic N) is 1. The van der Waals surface area contributed by atoms with Gasteiger partial charge in [0.05, 0.1) is 13.2 Å². The molecule has 2 aromatic rings. The third kappa shape index (κ3) is 4.14. The number of aromatic hydroxyl groups is 1. The summed E-state index contributed by atoms with van der Waals surface area (Å²) in [5, 5.41) is 10.9. The molecule has 2 aromatic carbocycles. The Balaban J connectivity index is 2.01. The molecule has 0 radical (unpaired) electrons. The highest BCUT2D eigenvalue weighted by Gasteiger charge is 2.24. The van der Waals surface area contributed by atoms with Crippen LogP contribution in [0.25, 0.3) is 0 Å². The van der Waals surface area contributed by atoms with Gasteiger partial charge in [-0.25, -0.2) is 0 Å². The maximum Gasteiger partial charge on any atom is 0.193 e. The van der Waals surface area contributed by atoms with Crippen LogP contribution in [0.3, 0.4) is 0 Å². The quantitative estimate of drug-likeness (QED) is 0.851.